The number of rotatable bonds is 3. The number of piperazine rings is 1. The first-order chi connectivity index (χ1) is 13.0. The number of amides is 3. The summed E-state index contributed by atoms with van der Waals surface area (Å²) < 4.78 is 13.9. The summed E-state index contributed by atoms with van der Waals surface area (Å²) in [5.41, 5.74) is 5.75. The van der Waals surface area contributed by atoms with Crippen molar-refractivity contribution in [1.82, 2.24) is 20.7 Å². The van der Waals surface area contributed by atoms with Crippen LogP contribution in [0.25, 0.3) is 0 Å². The van der Waals surface area contributed by atoms with Crippen LogP contribution in [-0.4, -0.2) is 47.9 Å². The average Bonchev–Trinajstić information content (AvgIpc) is 2.70. The van der Waals surface area contributed by atoms with Gasteiger partial charge in [0, 0.05) is 48.9 Å². The van der Waals surface area contributed by atoms with E-state index in [1.54, 1.807) is 41.3 Å². The van der Waals surface area contributed by atoms with Gasteiger partial charge in [0.25, 0.3) is 5.91 Å². The minimum absolute atomic E-state index is 0.328. The first-order valence-electron chi connectivity index (χ1n) is 8.60. The van der Waals surface area contributed by atoms with Crippen LogP contribution >= 0.6 is 11.6 Å². The second-order valence-electron chi connectivity index (χ2n) is 6.21. The first-order valence-corrected chi connectivity index (χ1v) is 8.98. The van der Waals surface area contributed by atoms with Gasteiger partial charge >= 0.3 is 6.03 Å². The van der Waals surface area contributed by atoms with E-state index in [1.807, 2.05) is 11.0 Å². The van der Waals surface area contributed by atoms with Gasteiger partial charge in [-0.05, 0) is 24.3 Å². The summed E-state index contributed by atoms with van der Waals surface area (Å²) in [5, 5.41) is 0.402. The Morgan fingerprint density at radius 1 is 0.963 bits per heavy atom. The fraction of sp³-hybridized carbons (Fsp3) is 0.263. The predicted molar refractivity (Wildman–Crippen MR) is 101 cm³/mol. The third-order valence-corrected chi connectivity index (χ3v) is 4.78. The van der Waals surface area contributed by atoms with Crippen molar-refractivity contribution >= 4 is 23.5 Å². The van der Waals surface area contributed by atoms with Crippen molar-refractivity contribution in [2.75, 3.05) is 26.2 Å². The van der Waals surface area contributed by atoms with Crippen molar-refractivity contribution in [3.63, 3.8) is 0 Å². The van der Waals surface area contributed by atoms with Gasteiger partial charge in [0.1, 0.15) is 5.82 Å². The van der Waals surface area contributed by atoms with Gasteiger partial charge in [-0.2, -0.15) is 0 Å². The maximum Gasteiger partial charge on any atom is 0.336 e. The summed E-state index contributed by atoms with van der Waals surface area (Å²) >= 11 is 6.07. The van der Waals surface area contributed by atoms with E-state index in [0.717, 1.165) is 0 Å². The van der Waals surface area contributed by atoms with Crippen LogP contribution in [0.15, 0.2) is 48.5 Å². The minimum atomic E-state index is -0.378. The van der Waals surface area contributed by atoms with Crippen molar-refractivity contribution < 1.29 is 14.0 Å². The Labute approximate surface area is 161 Å². The lowest BCUT2D eigenvalue weighted by Crippen LogP contribution is -2.55. The molecule has 2 aromatic rings. The number of hydrogen-bond donors (Lipinski definition) is 2. The molecule has 3 amide bonds. The van der Waals surface area contributed by atoms with E-state index in [1.165, 1.54) is 6.07 Å². The van der Waals surface area contributed by atoms with Gasteiger partial charge in [-0.25, -0.2) is 14.6 Å². The van der Waals surface area contributed by atoms with E-state index >= 15 is 0 Å². The highest BCUT2D eigenvalue weighted by molar-refractivity contribution is 6.31. The smallest absolute Gasteiger partial charge is 0.321 e. The number of carbonyl (C=O) groups excluding carboxylic acids is 2. The SMILES string of the molecule is O=C(NNC(=O)N1CCN(Cc2c(F)cccc2Cl)CC1)c1ccccc1. The number of nitrogens with zero attached hydrogens (tertiary/aromatic N) is 2. The summed E-state index contributed by atoms with van der Waals surface area (Å²) in [6.45, 7) is 2.51. The van der Waals surface area contributed by atoms with Crippen LogP contribution in [0.5, 0.6) is 0 Å². The highest BCUT2D eigenvalue weighted by Crippen LogP contribution is 2.21. The molecule has 0 atom stereocenters. The Balaban J connectivity index is 1.46. The molecule has 1 aliphatic rings. The Morgan fingerprint density at radius 3 is 2.33 bits per heavy atom. The van der Waals surface area contributed by atoms with E-state index < -0.39 is 0 Å². The van der Waals surface area contributed by atoms with Crippen LogP contribution in [0.4, 0.5) is 9.18 Å². The Bertz CT molecular complexity index is 790. The lowest BCUT2D eigenvalue weighted by atomic mass is 10.2. The summed E-state index contributed by atoms with van der Waals surface area (Å²) in [6.07, 6.45) is 0. The van der Waals surface area contributed by atoms with Crippen LogP contribution in [0.1, 0.15) is 15.9 Å². The molecule has 0 spiro atoms. The van der Waals surface area contributed by atoms with E-state index in [-0.39, 0.29) is 17.8 Å². The van der Waals surface area contributed by atoms with Crippen LogP contribution in [0, 0.1) is 5.82 Å². The highest BCUT2D eigenvalue weighted by Gasteiger charge is 2.22. The third kappa shape index (κ3) is 4.96. The van der Waals surface area contributed by atoms with Crippen molar-refractivity contribution in [2.24, 2.45) is 0 Å². The van der Waals surface area contributed by atoms with Gasteiger partial charge in [0.05, 0.1) is 0 Å². The van der Waals surface area contributed by atoms with Gasteiger partial charge in [-0.15, -0.1) is 0 Å². The van der Waals surface area contributed by atoms with Crippen LogP contribution in [0.2, 0.25) is 5.02 Å². The molecule has 0 aliphatic carbocycles. The maximum absolute atomic E-state index is 13.9. The zero-order valence-corrected chi connectivity index (χ0v) is 15.4. The number of hydrogen-bond acceptors (Lipinski definition) is 3. The standard InChI is InChI=1S/C19H20ClFN4O2/c20-16-7-4-8-17(21)15(16)13-24-9-11-25(12-10-24)19(27)23-22-18(26)14-5-2-1-3-6-14/h1-8H,9-13H2,(H,22,26)(H,23,27). The highest BCUT2D eigenvalue weighted by atomic mass is 35.5. The molecule has 0 radical (unpaired) electrons. The molecule has 8 heteroatoms. The van der Waals surface area contributed by atoms with Crippen molar-refractivity contribution in [2.45, 2.75) is 6.54 Å². The van der Waals surface area contributed by atoms with Crippen LogP contribution in [-0.2, 0) is 6.54 Å². The number of hydrazine groups is 1. The van der Waals surface area contributed by atoms with Crippen molar-refractivity contribution in [3.8, 4) is 0 Å². The second kappa shape index (κ2) is 8.83. The molecule has 2 aromatic carbocycles. The predicted octanol–water partition coefficient (Wildman–Crippen LogP) is 2.65. The first kappa shape index (κ1) is 19.1. The van der Waals surface area contributed by atoms with E-state index in [0.29, 0.717) is 48.9 Å². The normalized spacial score (nSPS) is 14.7. The van der Waals surface area contributed by atoms with Gasteiger partial charge in [0.2, 0.25) is 0 Å². The number of benzene rings is 2. The number of nitrogens with one attached hydrogen (secondary N) is 2. The molecule has 6 nitrogen and oxygen atoms in total. The lowest BCUT2D eigenvalue weighted by molar-refractivity contribution is 0.0919. The molecule has 1 fully saturated rings. The monoisotopic (exact) mass is 390 g/mol. The largest absolute Gasteiger partial charge is 0.336 e. The van der Waals surface area contributed by atoms with Crippen molar-refractivity contribution in [1.29, 1.82) is 0 Å². The average molecular weight is 391 g/mol. The molecule has 0 bridgehead atoms. The molecule has 0 aromatic heterocycles. The minimum Gasteiger partial charge on any atom is -0.321 e. The summed E-state index contributed by atoms with van der Waals surface area (Å²) in [4.78, 5) is 27.8. The second-order valence-corrected chi connectivity index (χ2v) is 6.62. The van der Waals surface area contributed by atoms with Crippen LogP contribution < -0.4 is 10.9 Å². The third-order valence-electron chi connectivity index (χ3n) is 4.42. The molecule has 0 unspecified atom stereocenters. The molecule has 27 heavy (non-hydrogen) atoms. The molecule has 1 heterocycles. The molecular formula is C19H20ClFN4O2. The summed E-state index contributed by atoms with van der Waals surface area (Å²) in [6, 6.07) is 12.9. The zero-order chi connectivity index (χ0) is 19.2. The quantitative estimate of drug-likeness (QED) is 0.792. The van der Waals surface area contributed by atoms with Gasteiger partial charge < -0.3 is 4.90 Å². The van der Waals surface area contributed by atoms with E-state index in [2.05, 4.69) is 10.9 Å². The zero-order valence-electron chi connectivity index (χ0n) is 14.6. The molecule has 142 valence electrons. The van der Waals surface area contributed by atoms with E-state index in [4.69, 9.17) is 11.6 Å². The number of carbonyl (C=O) groups is 2. The Kier molecular flexibility index (Phi) is 6.26. The summed E-state index contributed by atoms with van der Waals surface area (Å²) in [7, 11) is 0. The van der Waals surface area contributed by atoms with E-state index in [9.17, 15) is 14.0 Å². The van der Waals surface area contributed by atoms with Gasteiger partial charge in [0.15, 0.2) is 0 Å². The molecule has 3 rings (SSSR count). The maximum atomic E-state index is 13.9. The molecule has 1 saturated heterocycles. The fourth-order valence-electron chi connectivity index (χ4n) is 2.87. The van der Waals surface area contributed by atoms with Crippen molar-refractivity contribution in [3.05, 3.63) is 70.5 Å². The molecule has 2 N–H and O–H groups in total. The lowest BCUT2D eigenvalue weighted by Gasteiger charge is -2.34. The van der Waals surface area contributed by atoms with Gasteiger partial charge in [-0.3, -0.25) is 15.1 Å². The van der Waals surface area contributed by atoms with Gasteiger partial charge in [-0.1, -0.05) is 35.9 Å². The summed E-state index contributed by atoms with van der Waals surface area (Å²) in [5.74, 6) is -0.705. The molecule has 0 saturated carbocycles. The molecule has 1 aliphatic heterocycles. The fourth-order valence-corrected chi connectivity index (χ4v) is 3.09. The Hall–Kier alpha value is -2.64. The number of halogens is 2. The van der Waals surface area contributed by atoms with Crippen LogP contribution in [0.3, 0.4) is 0 Å². The number of urea groups is 1. The topological polar surface area (TPSA) is 64.7 Å². The molecular weight excluding hydrogens is 371 g/mol. The Morgan fingerprint density at radius 2 is 1.67 bits per heavy atom.